The van der Waals surface area contributed by atoms with Crippen molar-refractivity contribution in [1.29, 1.82) is 0 Å². The van der Waals surface area contributed by atoms with E-state index in [1.165, 1.54) is 6.20 Å². The molecule has 2 N–H and O–H groups in total. The minimum Gasteiger partial charge on any atom is -0.326 e. The predicted octanol–water partition coefficient (Wildman–Crippen LogP) is 1.99. The number of pyridine rings is 1. The van der Waals surface area contributed by atoms with E-state index in [1.807, 2.05) is 0 Å². The fraction of sp³-hybridized carbons (Fsp3) is 0.667. The third kappa shape index (κ3) is 3.62. The molecule has 2 rings (SSSR count). The molecule has 0 aromatic carbocycles. The number of piperidine rings is 1. The summed E-state index contributed by atoms with van der Waals surface area (Å²) in [6.07, 6.45) is 3.35. The Morgan fingerprint density at radius 3 is 2.33 bits per heavy atom. The Bertz CT molecular complexity index is 568. The second kappa shape index (κ2) is 6.02. The molecular weight excluding hydrogens is 286 g/mol. The van der Waals surface area contributed by atoms with Crippen molar-refractivity contribution >= 4 is 10.0 Å². The largest absolute Gasteiger partial charge is 0.326 e. The van der Waals surface area contributed by atoms with Crippen LogP contribution >= 0.6 is 0 Å². The van der Waals surface area contributed by atoms with Crippen LogP contribution in [0.1, 0.15) is 39.2 Å². The fourth-order valence-corrected chi connectivity index (χ4v) is 4.16. The van der Waals surface area contributed by atoms with Crippen LogP contribution in [0.2, 0.25) is 0 Å². The molecular formula is C15H25N3O2S. The van der Waals surface area contributed by atoms with Crippen LogP contribution in [0.5, 0.6) is 0 Å². The van der Waals surface area contributed by atoms with E-state index >= 15 is 0 Å². The van der Waals surface area contributed by atoms with Crippen LogP contribution in [-0.2, 0) is 16.6 Å². The number of nitrogens with zero attached hydrogens (tertiary/aromatic N) is 2. The molecule has 1 aliphatic heterocycles. The van der Waals surface area contributed by atoms with Gasteiger partial charge >= 0.3 is 0 Å². The Hall–Kier alpha value is -0.980. The Balaban J connectivity index is 2.11. The lowest BCUT2D eigenvalue weighted by atomic mass is 9.76. The number of hydrogen-bond acceptors (Lipinski definition) is 4. The first-order chi connectivity index (χ1) is 9.75. The summed E-state index contributed by atoms with van der Waals surface area (Å²) >= 11 is 0. The minimum atomic E-state index is -3.47. The van der Waals surface area contributed by atoms with Crippen LogP contribution in [0.15, 0.2) is 23.4 Å². The number of sulfonamides is 1. The van der Waals surface area contributed by atoms with E-state index in [-0.39, 0.29) is 10.4 Å². The van der Waals surface area contributed by atoms with Gasteiger partial charge in [-0.15, -0.1) is 0 Å². The first-order valence-electron chi connectivity index (χ1n) is 7.40. The van der Waals surface area contributed by atoms with E-state index < -0.39 is 10.0 Å². The molecule has 0 atom stereocenters. The Labute approximate surface area is 127 Å². The molecule has 1 saturated heterocycles. The van der Waals surface area contributed by atoms with Crippen molar-refractivity contribution in [3.05, 3.63) is 23.9 Å². The van der Waals surface area contributed by atoms with Crippen molar-refractivity contribution in [2.24, 2.45) is 17.1 Å². The normalized spacial score (nSPS) is 18.9. The summed E-state index contributed by atoms with van der Waals surface area (Å²) < 4.78 is 26.7. The molecule has 0 unspecified atom stereocenters. The van der Waals surface area contributed by atoms with Gasteiger partial charge < -0.3 is 5.73 Å². The van der Waals surface area contributed by atoms with Crippen LogP contribution < -0.4 is 5.73 Å². The highest BCUT2D eigenvalue weighted by Gasteiger charge is 2.34. The highest BCUT2D eigenvalue weighted by molar-refractivity contribution is 7.89. The summed E-state index contributed by atoms with van der Waals surface area (Å²) in [7, 11) is -3.47. The summed E-state index contributed by atoms with van der Waals surface area (Å²) in [4.78, 5) is 4.05. The zero-order chi connectivity index (χ0) is 15.7. The molecule has 1 aromatic rings. The highest BCUT2D eigenvalue weighted by atomic mass is 32.2. The lowest BCUT2D eigenvalue weighted by Gasteiger charge is -2.38. The van der Waals surface area contributed by atoms with Gasteiger partial charge in [0.05, 0.1) is 0 Å². The quantitative estimate of drug-likeness (QED) is 0.926. The Morgan fingerprint density at radius 2 is 1.90 bits per heavy atom. The van der Waals surface area contributed by atoms with Crippen molar-refractivity contribution in [3.8, 4) is 0 Å². The van der Waals surface area contributed by atoms with Gasteiger partial charge in [0.1, 0.15) is 0 Å². The Kier molecular flexibility index (Phi) is 4.70. The molecule has 0 radical (unpaired) electrons. The lowest BCUT2D eigenvalue weighted by molar-refractivity contribution is 0.154. The van der Waals surface area contributed by atoms with Crippen LogP contribution in [-0.4, -0.2) is 30.8 Å². The molecule has 1 aromatic heterocycles. The maximum Gasteiger partial charge on any atom is 0.260 e. The van der Waals surface area contributed by atoms with E-state index in [0.717, 1.165) is 18.4 Å². The molecule has 1 fully saturated rings. The molecule has 2 heterocycles. The van der Waals surface area contributed by atoms with Gasteiger partial charge in [-0.05, 0) is 35.8 Å². The van der Waals surface area contributed by atoms with E-state index in [9.17, 15) is 8.42 Å². The number of rotatable bonds is 3. The van der Waals surface area contributed by atoms with Crippen LogP contribution in [0.3, 0.4) is 0 Å². The molecule has 0 bridgehead atoms. The molecule has 21 heavy (non-hydrogen) atoms. The van der Waals surface area contributed by atoms with E-state index in [4.69, 9.17) is 5.73 Å². The molecule has 0 spiro atoms. The first kappa shape index (κ1) is 16.4. The monoisotopic (exact) mass is 311 g/mol. The van der Waals surface area contributed by atoms with E-state index in [1.54, 1.807) is 16.4 Å². The average molecular weight is 311 g/mol. The zero-order valence-electron chi connectivity index (χ0n) is 13.0. The fourth-order valence-electron chi connectivity index (χ4n) is 2.78. The van der Waals surface area contributed by atoms with Gasteiger partial charge in [0.2, 0.25) is 0 Å². The van der Waals surface area contributed by atoms with Gasteiger partial charge in [-0.3, -0.25) is 0 Å². The molecule has 0 saturated carbocycles. The molecule has 0 amide bonds. The van der Waals surface area contributed by atoms with Crippen molar-refractivity contribution in [2.45, 2.75) is 45.2 Å². The third-order valence-corrected chi connectivity index (χ3v) is 6.13. The maximum atomic E-state index is 12.6. The molecule has 5 nitrogen and oxygen atoms in total. The van der Waals surface area contributed by atoms with Gasteiger partial charge in [-0.25, -0.2) is 13.4 Å². The third-order valence-electron chi connectivity index (χ3n) is 4.32. The van der Waals surface area contributed by atoms with Gasteiger partial charge in [0.15, 0.2) is 5.03 Å². The van der Waals surface area contributed by atoms with Crippen molar-refractivity contribution in [2.75, 3.05) is 13.1 Å². The zero-order valence-corrected chi connectivity index (χ0v) is 13.9. The van der Waals surface area contributed by atoms with Gasteiger partial charge in [0, 0.05) is 25.8 Å². The van der Waals surface area contributed by atoms with Crippen LogP contribution in [0.25, 0.3) is 0 Å². The topological polar surface area (TPSA) is 76.3 Å². The van der Waals surface area contributed by atoms with Gasteiger partial charge in [-0.1, -0.05) is 26.8 Å². The van der Waals surface area contributed by atoms with Crippen molar-refractivity contribution in [1.82, 2.24) is 9.29 Å². The Morgan fingerprint density at radius 1 is 1.29 bits per heavy atom. The molecule has 1 aliphatic rings. The van der Waals surface area contributed by atoms with Crippen molar-refractivity contribution in [3.63, 3.8) is 0 Å². The summed E-state index contributed by atoms with van der Waals surface area (Å²) in [5, 5.41) is 0.119. The van der Waals surface area contributed by atoms with E-state index in [0.29, 0.717) is 25.6 Å². The highest BCUT2D eigenvalue weighted by Crippen LogP contribution is 2.35. The molecule has 0 aliphatic carbocycles. The SMILES string of the molecule is CC(C)(C)C1CCN(S(=O)(=O)c2ccc(CN)cn2)CC1. The summed E-state index contributed by atoms with van der Waals surface area (Å²) in [5.41, 5.74) is 6.57. The number of nitrogens with two attached hydrogens (primary N) is 1. The predicted molar refractivity (Wildman–Crippen MR) is 83.1 cm³/mol. The summed E-state index contributed by atoms with van der Waals surface area (Å²) in [5.74, 6) is 0.566. The first-order valence-corrected chi connectivity index (χ1v) is 8.84. The maximum absolute atomic E-state index is 12.6. The average Bonchev–Trinajstić information content (AvgIpc) is 2.46. The van der Waals surface area contributed by atoms with Gasteiger partial charge in [0.25, 0.3) is 10.0 Å². The van der Waals surface area contributed by atoms with Crippen molar-refractivity contribution < 1.29 is 8.42 Å². The summed E-state index contributed by atoms with van der Waals surface area (Å²) in [6, 6.07) is 3.27. The van der Waals surface area contributed by atoms with Gasteiger partial charge in [-0.2, -0.15) is 4.31 Å². The molecule has 118 valence electrons. The minimum absolute atomic E-state index is 0.119. The number of hydrogen-bond donors (Lipinski definition) is 1. The lowest BCUT2D eigenvalue weighted by Crippen LogP contribution is -2.41. The number of aromatic nitrogens is 1. The van der Waals surface area contributed by atoms with Crippen LogP contribution in [0, 0.1) is 11.3 Å². The molecule has 6 heteroatoms. The second-order valence-electron chi connectivity index (χ2n) is 6.75. The standard InChI is InChI=1S/C15H25N3O2S/c1-15(2,3)13-6-8-18(9-7-13)21(19,20)14-5-4-12(10-16)11-17-14/h4-5,11,13H,6-10,16H2,1-3H3. The second-order valence-corrected chi connectivity index (χ2v) is 8.64. The summed E-state index contributed by atoms with van der Waals surface area (Å²) in [6.45, 7) is 8.16. The van der Waals surface area contributed by atoms with Crippen LogP contribution in [0.4, 0.5) is 0 Å². The van der Waals surface area contributed by atoms with E-state index in [2.05, 4.69) is 25.8 Å². The smallest absolute Gasteiger partial charge is 0.260 e.